The summed E-state index contributed by atoms with van der Waals surface area (Å²) in [5.74, 6) is -0.978. The largest absolute Gasteiger partial charge is 0.313 e. The zero-order valence-corrected chi connectivity index (χ0v) is 11.4. The van der Waals surface area contributed by atoms with Gasteiger partial charge in [0, 0.05) is 22.2 Å². The molecule has 0 heterocycles. The number of hydrogen-bond donors (Lipinski definition) is 1. The van der Waals surface area contributed by atoms with Gasteiger partial charge in [-0.1, -0.05) is 17.7 Å². The van der Waals surface area contributed by atoms with E-state index in [0.29, 0.717) is 5.02 Å². The first-order chi connectivity index (χ1) is 9.02. The highest BCUT2D eigenvalue weighted by Gasteiger charge is 2.13. The molecule has 19 heavy (non-hydrogen) atoms. The lowest BCUT2D eigenvalue weighted by molar-refractivity contribution is 0.611. The first kappa shape index (κ1) is 14.0. The average Bonchev–Trinajstić information content (AvgIpc) is 2.39. The molecule has 1 N–H and O–H groups in total. The van der Waals surface area contributed by atoms with Gasteiger partial charge in [0.05, 0.1) is 0 Å². The Bertz CT molecular complexity index is 599. The fourth-order valence-electron chi connectivity index (χ4n) is 1.89. The van der Waals surface area contributed by atoms with Crippen LogP contribution in [0.15, 0.2) is 36.4 Å². The molecule has 100 valence electrons. The van der Waals surface area contributed by atoms with Crippen LogP contribution in [0.25, 0.3) is 11.1 Å². The zero-order valence-electron chi connectivity index (χ0n) is 10.7. The molecule has 1 nitrogen and oxygen atoms in total. The second kappa shape index (κ2) is 5.68. The van der Waals surface area contributed by atoms with Crippen LogP contribution in [-0.4, -0.2) is 7.05 Å². The molecule has 0 saturated carbocycles. The van der Waals surface area contributed by atoms with E-state index in [4.69, 9.17) is 11.6 Å². The molecule has 1 unspecified atom stereocenters. The van der Waals surface area contributed by atoms with Crippen molar-refractivity contribution < 1.29 is 8.78 Å². The van der Waals surface area contributed by atoms with Crippen LogP contribution in [0.2, 0.25) is 5.02 Å². The average molecular weight is 282 g/mol. The minimum atomic E-state index is -0.527. The van der Waals surface area contributed by atoms with Gasteiger partial charge in [0.1, 0.15) is 11.6 Å². The predicted octanol–water partition coefficient (Wildman–Crippen LogP) is 4.57. The molecular weight excluding hydrogens is 268 g/mol. The third kappa shape index (κ3) is 2.94. The van der Waals surface area contributed by atoms with Crippen LogP contribution in [0.4, 0.5) is 8.78 Å². The van der Waals surface area contributed by atoms with E-state index in [1.807, 2.05) is 14.0 Å². The minimum absolute atomic E-state index is 0.0645. The number of nitrogens with one attached hydrogen (secondary N) is 1. The first-order valence-corrected chi connectivity index (χ1v) is 6.33. The predicted molar refractivity (Wildman–Crippen MR) is 74.3 cm³/mol. The van der Waals surface area contributed by atoms with Crippen LogP contribution >= 0.6 is 11.6 Å². The topological polar surface area (TPSA) is 12.0 Å². The summed E-state index contributed by atoms with van der Waals surface area (Å²) in [5, 5.41) is 3.36. The van der Waals surface area contributed by atoms with E-state index in [9.17, 15) is 8.78 Å². The summed E-state index contributed by atoms with van der Waals surface area (Å²) in [7, 11) is 1.82. The van der Waals surface area contributed by atoms with Crippen molar-refractivity contribution in [3.63, 3.8) is 0 Å². The molecule has 0 aromatic heterocycles. The summed E-state index contributed by atoms with van der Waals surface area (Å²) in [5.41, 5.74) is 1.36. The highest BCUT2D eigenvalue weighted by molar-refractivity contribution is 6.30. The summed E-state index contributed by atoms with van der Waals surface area (Å²) in [6.07, 6.45) is 0. The van der Waals surface area contributed by atoms with Gasteiger partial charge in [-0.25, -0.2) is 8.78 Å². The number of halogens is 3. The summed E-state index contributed by atoms with van der Waals surface area (Å²) in [6, 6.07) is 8.99. The summed E-state index contributed by atoms with van der Waals surface area (Å²) < 4.78 is 27.7. The molecule has 0 spiro atoms. The van der Waals surface area contributed by atoms with Crippen molar-refractivity contribution in [3.8, 4) is 11.1 Å². The van der Waals surface area contributed by atoms with Gasteiger partial charge in [-0.2, -0.15) is 0 Å². The van der Waals surface area contributed by atoms with Gasteiger partial charge >= 0.3 is 0 Å². The van der Waals surface area contributed by atoms with E-state index in [-0.39, 0.29) is 17.2 Å². The van der Waals surface area contributed by atoms with E-state index < -0.39 is 11.6 Å². The fourth-order valence-corrected chi connectivity index (χ4v) is 2.05. The monoisotopic (exact) mass is 281 g/mol. The molecule has 0 bridgehead atoms. The van der Waals surface area contributed by atoms with Crippen LogP contribution in [0.1, 0.15) is 18.5 Å². The van der Waals surface area contributed by atoms with Crippen molar-refractivity contribution in [2.45, 2.75) is 13.0 Å². The first-order valence-electron chi connectivity index (χ1n) is 5.95. The Labute approximate surface area is 116 Å². The zero-order chi connectivity index (χ0) is 14.0. The van der Waals surface area contributed by atoms with Gasteiger partial charge < -0.3 is 5.32 Å². The third-order valence-electron chi connectivity index (χ3n) is 3.14. The molecule has 1 atom stereocenters. The van der Waals surface area contributed by atoms with Gasteiger partial charge in [0.25, 0.3) is 0 Å². The van der Waals surface area contributed by atoms with E-state index in [1.54, 1.807) is 18.2 Å². The Morgan fingerprint density at radius 3 is 2.37 bits per heavy atom. The molecule has 0 saturated heterocycles. The molecule has 2 aromatic rings. The summed E-state index contributed by atoms with van der Waals surface area (Å²) in [4.78, 5) is 0. The molecule has 0 aliphatic rings. The third-order valence-corrected chi connectivity index (χ3v) is 3.38. The molecule has 4 heteroatoms. The quantitative estimate of drug-likeness (QED) is 0.869. The van der Waals surface area contributed by atoms with Gasteiger partial charge in [-0.3, -0.25) is 0 Å². The Kier molecular flexibility index (Phi) is 4.17. The normalized spacial score (nSPS) is 12.5. The minimum Gasteiger partial charge on any atom is -0.313 e. The van der Waals surface area contributed by atoms with Crippen LogP contribution in [0.5, 0.6) is 0 Å². The van der Waals surface area contributed by atoms with Gasteiger partial charge in [-0.05, 0) is 49.9 Å². The lowest BCUT2D eigenvalue weighted by Crippen LogP contribution is -2.12. The molecule has 0 aliphatic carbocycles. The molecule has 0 aliphatic heterocycles. The Morgan fingerprint density at radius 1 is 1.00 bits per heavy atom. The standard InChI is InChI=1S/C15H14ClF2N/c1-9(19-2)10-3-6-14(17)13(7-10)12-5-4-11(16)8-15(12)18/h3-9,19H,1-2H3. The van der Waals surface area contributed by atoms with Gasteiger partial charge in [0.2, 0.25) is 0 Å². The Balaban J connectivity index is 2.54. The molecule has 0 radical (unpaired) electrons. The van der Waals surface area contributed by atoms with Crippen molar-refractivity contribution in [3.05, 3.63) is 58.6 Å². The lowest BCUT2D eigenvalue weighted by atomic mass is 9.99. The van der Waals surface area contributed by atoms with Crippen molar-refractivity contribution in [2.24, 2.45) is 0 Å². The Hall–Kier alpha value is -1.45. The van der Waals surface area contributed by atoms with Gasteiger partial charge in [-0.15, -0.1) is 0 Å². The molecule has 0 amide bonds. The second-order valence-corrected chi connectivity index (χ2v) is 4.81. The fraction of sp³-hybridized carbons (Fsp3) is 0.200. The van der Waals surface area contributed by atoms with E-state index in [0.717, 1.165) is 5.56 Å². The number of rotatable bonds is 3. The van der Waals surface area contributed by atoms with Gasteiger partial charge in [0.15, 0.2) is 0 Å². The van der Waals surface area contributed by atoms with Crippen molar-refractivity contribution >= 4 is 11.6 Å². The summed E-state index contributed by atoms with van der Waals surface area (Å²) >= 11 is 5.70. The van der Waals surface area contributed by atoms with E-state index in [1.165, 1.54) is 18.2 Å². The van der Waals surface area contributed by atoms with E-state index in [2.05, 4.69) is 5.32 Å². The number of benzene rings is 2. The molecule has 0 fully saturated rings. The van der Waals surface area contributed by atoms with Crippen molar-refractivity contribution in [1.82, 2.24) is 5.32 Å². The molecule has 2 rings (SSSR count). The molecule has 2 aromatic carbocycles. The lowest BCUT2D eigenvalue weighted by Gasteiger charge is -2.13. The number of hydrogen-bond acceptors (Lipinski definition) is 1. The van der Waals surface area contributed by atoms with E-state index >= 15 is 0 Å². The van der Waals surface area contributed by atoms with Crippen molar-refractivity contribution in [1.29, 1.82) is 0 Å². The van der Waals surface area contributed by atoms with Crippen LogP contribution < -0.4 is 5.32 Å². The highest BCUT2D eigenvalue weighted by Crippen LogP contribution is 2.29. The maximum Gasteiger partial charge on any atom is 0.132 e. The maximum atomic E-state index is 13.9. The van der Waals surface area contributed by atoms with Crippen LogP contribution in [0, 0.1) is 11.6 Å². The summed E-state index contributed by atoms with van der Waals surface area (Å²) in [6.45, 7) is 1.95. The maximum absolute atomic E-state index is 13.9. The van der Waals surface area contributed by atoms with Crippen LogP contribution in [0.3, 0.4) is 0 Å². The Morgan fingerprint density at radius 2 is 1.74 bits per heavy atom. The van der Waals surface area contributed by atoms with Crippen LogP contribution in [-0.2, 0) is 0 Å². The SMILES string of the molecule is CNC(C)c1ccc(F)c(-c2ccc(Cl)cc2F)c1. The molecular formula is C15H14ClF2N. The smallest absolute Gasteiger partial charge is 0.132 e. The van der Waals surface area contributed by atoms with Crippen molar-refractivity contribution in [2.75, 3.05) is 7.05 Å². The second-order valence-electron chi connectivity index (χ2n) is 4.37. The highest BCUT2D eigenvalue weighted by atomic mass is 35.5.